The largest absolute Gasteiger partial charge is 0.479 e. The molecule has 0 saturated heterocycles. The molecule has 0 bridgehead atoms. The second-order valence-corrected chi connectivity index (χ2v) is 5.56. The van der Waals surface area contributed by atoms with Crippen LogP contribution in [-0.2, 0) is 14.3 Å². The molecule has 0 fully saturated rings. The maximum absolute atomic E-state index is 12.0. The van der Waals surface area contributed by atoms with E-state index in [-0.39, 0.29) is 17.9 Å². The third-order valence-corrected chi connectivity index (χ3v) is 3.39. The second kappa shape index (κ2) is 8.20. The van der Waals surface area contributed by atoms with Crippen LogP contribution in [0, 0.1) is 17.0 Å². The van der Waals surface area contributed by atoms with Crippen LogP contribution >= 0.6 is 0 Å². The van der Waals surface area contributed by atoms with Crippen LogP contribution in [0.1, 0.15) is 22.8 Å². The van der Waals surface area contributed by atoms with Crippen LogP contribution in [0.25, 0.3) is 0 Å². The number of hydrogen-bond donors (Lipinski definition) is 3. The number of benzene rings is 1. The third kappa shape index (κ3) is 5.24. The topological polar surface area (TPSA) is 148 Å². The van der Waals surface area contributed by atoms with Crippen molar-refractivity contribution in [1.82, 2.24) is 10.6 Å². The summed E-state index contributed by atoms with van der Waals surface area (Å²) in [5.74, 6) is -2.61. The van der Waals surface area contributed by atoms with E-state index in [4.69, 9.17) is 9.84 Å². The molecular weight excluding hydrogens is 334 g/mol. The Hall–Kier alpha value is -3.01. The number of carboxylic acids is 1. The molecule has 25 heavy (non-hydrogen) atoms. The molecule has 1 atom stereocenters. The molecule has 0 spiro atoms. The lowest BCUT2D eigenvalue weighted by molar-refractivity contribution is -0.385. The number of carbonyl (C=O) groups excluding carboxylic acids is 2. The van der Waals surface area contributed by atoms with Gasteiger partial charge in [0.1, 0.15) is 0 Å². The van der Waals surface area contributed by atoms with Crippen molar-refractivity contribution in [3.8, 4) is 0 Å². The molecular formula is C15H19N3O7. The van der Waals surface area contributed by atoms with Crippen LogP contribution < -0.4 is 10.6 Å². The van der Waals surface area contributed by atoms with E-state index in [2.05, 4.69) is 10.6 Å². The van der Waals surface area contributed by atoms with Crippen molar-refractivity contribution < 1.29 is 29.2 Å². The Labute approximate surface area is 143 Å². The van der Waals surface area contributed by atoms with E-state index in [9.17, 15) is 24.5 Å². The Morgan fingerprint density at radius 3 is 2.48 bits per heavy atom. The normalized spacial score (nSPS) is 12.8. The van der Waals surface area contributed by atoms with Gasteiger partial charge in [-0.3, -0.25) is 19.7 Å². The summed E-state index contributed by atoms with van der Waals surface area (Å²) in [7, 11) is 1.30. The monoisotopic (exact) mass is 353 g/mol. The summed E-state index contributed by atoms with van der Waals surface area (Å²) in [5, 5.41) is 24.5. The quantitative estimate of drug-likeness (QED) is 0.448. The fraction of sp³-hybridized carbons (Fsp3) is 0.400. The van der Waals surface area contributed by atoms with E-state index in [0.29, 0.717) is 5.56 Å². The van der Waals surface area contributed by atoms with E-state index >= 15 is 0 Å². The van der Waals surface area contributed by atoms with Gasteiger partial charge in [-0.1, -0.05) is 0 Å². The van der Waals surface area contributed by atoms with Crippen molar-refractivity contribution in [2.45, 2.75) is 19.4 Å². The highest BCUT2D eigenvalue weighted by Gasteiger charge is 2.34. The lowest BCUT2D eigenvalue weighted by atomic mass is 10.0. The Morgan fingerprint density at radius 1 is 1.36 bits per heavy atom. The SMILES string of the molecule is COCC(C)(NC(=O)CNC(=O)c1ccc([N+](=O)[O-])c(C)c1)C(=O)O. The highest BCUT2D eigenvalue weighted by molar-refractivity contribution is 5.97. The number of nitro groups is 1. The molecule has 0 heterocycles. The summed E-state index contributed by atoms with van der Waals surface area (Å²) in [6.45, 7) is 2.06. The molecule has 3 N–H and O–H groups in total. The van der Waals surface area contributed by atoms with E-state index in [1.165, 1.54) is 39.2 Å². The van der Waals surface area contributed by atoms with Gasteiger partial charge in [0, 0.05) is 24.3 Å². The molecule has 1 aromatic rings. The van der Waals surface area contributed by atoms with Gasteiger partial charge in [0.25, 0.3) is 11.6 Å². The molecule has 10 heteroatoms. The summed E-state index contributed by atoms with van der Waals surface area (Å²) < 4.78 is 4.77. The summed E-state index contributed by atoms with van der Waals surface area (Å²) in [6, 6.07) is 3.80. The van der Waals surface area contributed by atoms with Gasteiger partial charge in [-0.2, -0.15) is 0 Å². The summed E-state index contributed by atoms with van der Waals surface area (Å²) in [6.07, 6.45) is 0. The summed E-state index contributed by atoms with van der Waals surface area (Å²) >= 11 is 0. The number of methoxy groups -OCH3 is 1. The van der Waals surface area contributed by atoms with E-state index < -0.39 is 34.8 Å². The van der Waals surface area contributed by atoms with Crippen LogP contribution in [0.2, 0.25) is 0 Å². The number of rotatable bonds is 8. The molecule has 0 aliphatic heterocycles. The fourth-order valence-electron chi connectivity index (χ4n) is 2.06. The van der Waals surface area contributed by atoms with Crippen molar-refractivity contribution in [1.29, 1.82) is 0 Å². The van der Waals surface area contributed by atoms with Gasteiger partial charge in [-0.05, 0) is 26.0 Å². The first-order valence-corrected chi connectivity index (χ1v) is 7.17. The Morgan fingerprint density at radius 2 is 2.00 bits per heavy atom. The Bertz CT molecular complexity index is 704. The van der Waals surface area contributed by atoms with E-state index in [1.54, 1.807) is 0 Å². The molecule has 1 rings (SSSR count). The molecule has 136 valence electrons. The zero-order chi connectivity index (χ0) is 19.2. The molecule has 1 aromatic carbocycles. The number of aryl methyl sites for hydroxylation is 1. The van der Waals surface area contributed by atoms with Crippen LogP contribution in [0.5, 0.6) is 0 Å². The van der Waals surface area contributed by atoms with Crippen LogP contribution in [0.15, 0.2) is 18.2 Å². The molecule has 1 unspecified atom stereocenters. The van der Waals surface area contributed by atoms with Gasteiger partial charge >= 0.3 is 5.97 Å². The minimum Gasteiger partial charge on any atom is -0.479 e. The zero-order valence-electron chi connectivity index (χ0n) is 14.0. The number of nitrogens with one attached hydrogen (secondary N) is 2. The Balaban J connectivity index is 2.70. The average molecular weight is 353 g/mol. The fourth-order valence-corrected chi connectivity index (χ4v) is 2.06. The minimum atomic E-state index is -1.62. The van der Waals surface area contributed by atoms with Crippen molar-refractivity contribution in [3.05, 3.63) is 39.4 Å². The van der Waals surface area contributed by atoms with Gasteiger partial charge in [0.2, 0.25) is 5.91 Å². The number of carbonyl (C=O) groups is 3. The standard InChI is InChI=1S/C15H19N3O7/c1-9-6-10(4-5-11(9)18(23)24)13(20)16-7-12(19)17-15(2,8-25-3)14(21)22/h4-6H,7-8H2,1-3H3,(H,16,20)(H,17,19)(H,21,22). The van der Waals surface area contributed by atoms with Crippen molar-refractivity contribution in [2.75, 3.05) is 20.3 Å². The molecule has 2 amide bonds. The molecule has 0 radical (unpaired) electrons. The van der Waals surface area contributed by atoms with Crippen LogP contribution in [0.3, 0.4) is 0 Å². The van der Waals surface area contributed by atoms with Crippen molar-refractivity contribution in [2.24, 2.45) is 0 Å². The summed E-state index contributed by atoms with van der Waals surface area (Å²) in [4.78, 5) is 45.2. The highest BCUT2D eigenvalue weighted by atomic mass is 16.6. The summed E-state index contributed by atoms with van der Waals surface area (Å²) in [5.41, 5.74) is -1.29. The van der Waals surface area contributed by atoms with Gasteiger partial charge in [0.15, 0.2) is 5.54 Å². The predicted molar refractivity (Wildman–Crippen MR) is 86.2 cm³/mol. The first-order chi connectivity index (χ1) is 11.6. The number of carboxylic acid groups (broad SMARTS) is 1. The van der Waals surface area contributed by atoms with Crippen molar-refractivity contribution in [3.63, 3.8) is 0 Å². The first-order valence-electron chi connectivity index (χ1n) is 7.17. The number of ether oxygens (including phenoxy) is 1. The maximum atomic E-state index is 12.0. The van der Waals surface area contributed by atoms with Crippen molar-refractivity contribution >= 4 is 23.5 Å². The number of amides is 2. The van der Waals surface area contributed by atoms with Gasteiger partial charge in [-0.25, -0.2) is 4.79 Å². The number of hydrogen-bond acceptors (Lipinski definition) is 6. The smallest absolute Gasteiger partial charge is 0.331 e. The lowest BCUT2D eigenvalue weighted by Gasteiger charge is -2.25. The van der Waals surface area contributed by atoms with E-state index in [0.717, 1.165) is 0 Å². The highest BCUT2D eigenvalue weighted by Crippen LogP contribution is 2.18. The molecule has 0 aliphatic rings. The molecule has 10 nitrogen and oxygen atoms in total. The molecule has 0 saturated carbocycles. The number of aliphatic carboxylic acids is 1. The first kappa shape index (κ1) is 20.0. The van der Waals surface area contributed by atoms with Gasteiger partial charge in [-0.15, -0.1) is 0 Å². The Kier molecular flexibility index (Phi) is 6.57. The number of nitro benzene ring substituents is 1. The third-order valence-electron chi connectivity index (χ3n) is 3.39. The molecule has 0 aromatic heterocycles. The minimum absolute atomic E-state index is 0.119. The number of nitrogens with zero attached hydrogens (tertiary/aromatic N) is 1. The van der Waals surface area contributed by atoms with Gasteiger partial charge < -0.3 is 20.5 Å². The zero-order valence-corrected chi connectivity index (χ0v) is 14.0. The lowest BCUT2D eigenvalue weighted by Crippen LogP contribution is -2.57. The maximum Gasteiger partial charge on any atom is 0.331 e. The van der Waals surface area contributed by atoms with E-state index in [1.807, 2.05) is 0 Å². The average Bonchev–Trinajstić information content (AvgIpc) is 2.52. The second-order valence-electron chi connectivity index (χ2n) is 5.56. The van der Waals surface area contributed by atoms with Crippen LogP contribution in [-0.4, -0.2) is 53.6 Å². The van der Waals surface area contributed by atoms with Gasteiger partial charge in [0.05, 0.1) is 18.1 Å². The molecule has 0 aliphatic carbocycles. The predicted octanol–water partition coefficient (Wildman–Crippen LogP) is 0.239. The van der Waals surface area contributed by atoms with Crippen LogP contribution in [0.4, 0.5) is 5.69 Å².